The van der Waals surface area contributed by atoms with Crippen LogP contribution < -0.4 is 19.7 Å². The molecule has 2 aromatic carbocycles. The van der Waals surface area contributed by atoms with Gasteiger partial charge in [0.05, 0.1) is 19.4 Å². The van der Waals surface area contributed by atoms with Gasteiger partial charge >= 0.3 is 5.97 Å². The van der Waals surface area contributed by atoms with Crippen LogP contribution in [0, 0.1) is 5.92 Å². The predicted octanol–water partition coefficient (Wildman–Crippen LogP) is 4.28. The molecule has 1 unspecified atom stereocenters. The molecular formula is C29H38N2O6. The van der Waals surface area contributed by atoms with Gasteiger partial charge in [0.2, 0.25) is 0 Å². The summed E-state index contributed by atoms with van der Waals surface area (Å²) in [6.45, 7) is 11.9. The smallest absolute Gasteiger partial charge is 0.332 e. The van der Waals surface area contributed by atoms with Crippen molar-refractivity contribution in [1.82, 2.24) is 5.32 Å². The number of hydrogen-bond donors (Lipinski definition) is 1. The first-order chi connectivity index (χ1) is 17.3. The summed E-state index contributed by atoms with van der Waals surface area (Å²) < 4.78 is 17.0. The van der Waals surface area contributed by atoms with Gasteiger partial charge in [-0.1, -0.05) is 46.8 Å². The van der Waals surface area contributed by atoms with Gasteiger partial charge in [0.1, 0.15) is 17.0 Å². The van der Waals surface area contributed by atoms with Crippen molar-refractivity contribution in [3.05, 3.63) is 53.1 Å². The number of carbonyl (C=O) groups is 3. The maximum atomic E-state index is 14.1. The molecule has 0 spiro atoms. The number of nitrogens with one attached hydrogen (secondary N) is 1. The first kappa shape index (κ1) is 28.0. The Balaban J connectivity index is 2.10. The second-order valence-electron chi connectivity index (χ2n) is 11.0. The van der Waals surface area contributed by atoms with Crippen LogP contribution in [0.1, 0.15) is 63.0 Å². The molecule has 2 aromatic rings. The lowest BCUT2D eigenvalue weighted by atomic mass is 9.85. The number of benzene rings is 2. The second kappa shape index (κ2) is 10.8. The molecule has 0 saturated heterocycles. The van der Waals surface area contributed by atoms with Crippen LogP contribution in [0.25, 0.3) is 0 Å². The second-order valence-corrected chi connectivity index (χ2v) is 11.0. The third-order valence-corrected chi connectivity index (χ3v) is 6.45. The van der Waals surface area contributed by atoms with Crippen LogP contribution in [0.3, 0.4) is 0 Å². The van der Waals surface area contributed by atoms with E-state index in [4.69, 9.17) is 14.2 Å². The van der Waals surface area contributed by atoms with Crippen molar-refractivity contribution in [2.75, 3.05) is 32.3 Å². The van der Waals surface area contributed by atoms with Crippen LogP contribution in [0.15, 0.2) is 36.4 Å². The number of likely N-dealkylation sites (N-methyl/N-ethyl adjacent to an activating group) is 1. The molecule has 1 aliphatic rings. The van der Waals surface area contributed by atoms with E-state index in [0.717, 1.165) is 5.56 Å². The number of nitrogens with zero attached hydrogens (tertiary/aromatic N) is 1. The van der Waals surface area contributed by atoms with E-state index in [0.29, 0.717) is 28.3 Å². The Morgan fingerprint density at radius 1 is 1.11 bits per heavy atom. The molecule has 200 valence electrons. The number of rotatable bonds is 8. The monoisotopic (exact) mass is 510 g/mol. The van der Waals surface area contributed by atoms with Gasteiger partial charge < -0.3 is 19.5 Å². The SMILES string of the molecule is CNC(=O)COc1cccc2c1CC(C)(C(=O)OCC(C)C)N2C(=O)c1ccc(C(C)(C)C)c(OC)c1. The normalized spacial score (nSPS) is 16.8. The zero-order chi connectivity index (χ0) is 27.5. The van der Waals surface area contributed by atoms with Gasteiger partial charge in [0.15, 0.2) is 6.61 Å². The molecule has 1 heterocycles. The quantitative estimate of drug-likeness (QED) is 0.533. The summed E-state index contributed by atoms with van der Waals surface area (Å²) in [7, 11) is 3.11. The molecule has 1 atom stereocenters. The summed E-state index contributed by atoms with van der Waals surface area (Å²) in [5.74, 6) is 0.0468. The van der Waals surface area contributed by atoms with Crippen molar-refractivity contribution in [3.63, 3.8) is 0 Å². The van der Waals surface area contributed by atoms with E-state index in [2.05, 4.69) is 26.1 Å². The highest BCUT2D eigenvalue weighted by atomic mass is 16.5. The lowest BCUT2D eigenvalue weighted by molar-refractivity contribution is -0.150. The van der Waals surface area contributed by atoms with E-state index in [1.165, 1.54) is 11.9 Å². The summed E-state index contributed by atoms with van der Waals surface area (Å²) >= 11 is 0. The standard InChI is InChI=1S/C29H38N2O6/c1-18(2)16-37-27(34)29(6)15-20-22(10-9-11-23(20)36-17-25(32)30-7)31(29)26(33)19-12-13-21(28(3,4)5)24(14-19)35-8/h9-14,18H,15-17H2,1-8H3,(H,30,32). The predicted molar refractivity (Wildman–Crippen MR) is 142 cm³/mol. The maximum Gasteiger partial charge on any atom is 0.332 e. The maximum absolute atomic E-state index is 14.1. The lowest BCUT2D eigenvalue weighted by Gasteiger charge is -2.34. The Kier molecular flexibility index (Phi) is 8.20. The van der Waals surface area contributed by atoms with Crippen molar-refractivity contribution in [2.45, 2.75) is 58.9 Å². The molecule has 0 radical (unpaired) electrons. The van der Waals surface area contributed by atoms with Crippen LogP contribution in [0.4, 0.5) is 5.69 Å². The average Bonchev–Trinajstić information content (AvgIpc) is 3.17. The highest BCUT2D eigenvalue weighted by molar-refractivity contribution is 6.13. The summed E-state index contributed by atoms with van der Waals surface area (Å²) in [6, 6.07) is 10.6. The number of carbonyl (C=O) groups excluding carboxylic acids is 3. The highest BCUT2D eigenvalue weighted by Crippen LogP contribution is 2.45. The van der Waals surface area contributed by atoms with Crippen molar-refractivity contribution >= 4 is 23.5 Å². The third kappa shape index (κ3) is 5.73. The number of methoxy groups -OCH3 is 1. The fourth-order valence-electron chi connectivity index (χ4n) is 4.45. The van der Waals surface area contributed by atoms with Gasteiger partial charge in [-0.3, -0.25) is 14.5 Å². The molecule has 8 heteroatoms. The van der Waals surface area contributed by atoms with Gasteiger partial charge in [-0.05, 0) is 48.1 Å². The summed E-state index contributed by atoms with van der Waals surface area (Å²) in [5, 5.41) is 2.52. The number of fused-ring (bicyclic) bond motifs is 1. The molecular weight excluding hydrogens is 472 g/mol. The van der Waals surface area contributed by atoms with Crippen molar-refractivity contribution in [1.29, 1.82) is 0 Å². The van der Waals surface area contributed by atoms with Gasteiger partial charge in [0.25, 0.3) is 11.8 Å². The molecule has 0 aromatic heterocycles. The summed E-state index contributed by atoms with van der Waals surface area (Å²) in [4.78, 5) is 40.8. The first-order valence-corrected chi connectivity index (χ1v) is 12.5. The van der Waals surface area contributed by atoms with Gasteiger partial charge in [-0.15, -0.1) is 0 Å². The van der Waals surface area contributed by atoms with E-state index in [1.54, 1.807) is 44.4 Å². The average molecular weight is 511 g/mol. The Morgan fingerprint density at radius 2 is 1.81 bits per heavy atom. The Bertz CT molecular complexity index is 1180. The zero-order valence-corrected chi connectivity index (χ0v) is 23.1. The minimum atomic E-state index is -1.31. The van der Waals surface area contributed by atoms with Crippen molar-refractivity contribution in [2.24, 2.45) is 5.92 Å². The minimum absolute atomic E-state index is 0.140. The molecule has 1 aliphatic heterocycles. The van der Waals surface area contributed by atoms with E-state index in [-0.39, 0.29) is 42.8 Å². The van der Waals surface area contributed by atoms with Crippen molar-refractivity contribution < 1.29 is 28.6 Å². The number of hydrogen-bond acceptors (Lipinski definition) is 6. The zero-order valence-electron chi connectivity index (χ0n) is 23.1. The fraction of sp³-hybridized carbons (Fsp3) is 0.483. The van der Waals surface area contributed by atoms with Gasteiger partial charge in [-0.25, -0.2) is 4.79 Å². The largest absolute Gasteiger partial charge is 0.496 e. The van der Waals surface area contributed by atoms with Gasteiger partial charge in [-0.2, -0.15) is 0 Å². The van der Waals surface area contributed by atoms with Crippen LogP contribution in [0.2, 0.25) is 0 Å². The fourth-order valence-corrected chi connectivity index (χ4v) is 4.45. The number of anilines is 1. The van der Waals surface area contributed by atoms with E-state index in [1.807, 2.05) is 19.9 Å². The summed E-state index contributed by atoms with van der Waals surface area (Å²) in [6.07, 6.45) is 0.187. The Labute approximate surface area is 219 Å². The van der Waals surface area contributed by atoms with E-state index >= 15 is 0 Å². The first-order valence-electron chi connectivity index (χ1n) is 12.5. The van der Waals surface area contributed by atoms with Gasteiger partial charge in [0, 0.05) is 24.6 Å². The number of ether oxygens (including phenoxy) is 3. The Hall–Kier alpha value is -3.55. The number of esters is 1. The van der Waals surface area contributed by atoms with Crippen LogP contribution >= 0.6 is 0 Å². The molecule has 2 amide bonds. The molecule has 37 heavy (non-hydrogen) atoms. The lowest BCUT2D eigenvalue weighted by Crippen LogP contribution is -2.54. The van der Waals surface area contributed by atoms with Crippen LogP contribution in [-0.2, 0) is 26.2 Å². The van der Waals surface area contributed by atoms with E-state index in [9.17, 15) is 14.4 Å². The molecule has 0 fully saturated rings. The van der Waals surface area contributed by atoms with Crippen molar-refractivity contribution in [3.8, 4) is 11.5 Å². The molecule has 1 N–H and O–H groups in total. The highest BCUT2D eigenvalue weighted by Gasteiger charge is 2.51. The van der Waals surface area contributed by atoms with Crippen LogP contribution in [0.5, 0.6) is 11.5 Å². The summed E-state index contributed by atoms with van der Waals surface area (Å²) in [5.41, 5.74) is 1.08. The number of amides is 2. The molecule has 0 bridgehead atoms. The Morgan fingerprint density at radius 3 is 2.41 bits per heavy atom. The molecule has 3 rings (SSSR count). The molecule has 8 nitrogen and oxygen atoms in total. The third-order valence-electron chi connectivity index (χ3n) is 6.45. The minimum Gasteiger partial charge on any atom is -0.496 e. The van der Waals surface area contributed by atoms with E-state index < -0.39 is 11.5 Å². The molecule has 0 saturated carbocycles. The topological polar surface area (TPSA) is 94.2 Å². The van der Waals surface area contributed by atoms with Crippen LogP contribution in [-0.4, -0.2) is 50.7 Å². The molecule has 0 aliphatic carbocycles.